The van der Waals surface area contributed by atoms with E-state index >= 15 is 0 Å². The quantitative estimate of drug-likeness (QED) is 0.486. The SMILES string of the molecule is C=CCNC(CC(C)C)c1cn(I)c2ccccc12.CC. The van der Waals surface area contributed by atoms with Crippen LogP contribution in [0.15, 0.2) is 43.1 Å². The normalized spacial score (nSPS) is 12.1. The lowest BCUT2D eigenvalue weighted by molar-refractivity contribution is 0.447. The van der Waals surface area contributed by atoms with E-state index in [4.69, 9.17) is 0 Å². The molecule has 0 bridgehead atoms. The molecule has 2 rings (SSSR count). The Labute approximate surface area is 143 Å². The predicted molar refractivity (Wildman–Crippen MR) is 103 cm³/mol. The molecule has 0 amide bonds. The summed E-state index contributed by atoms with van der Waals surface area (Å²) in [4.78, 5) is 0. The number of fused-ring (bicyclic) bond motifs is 1. The largest absolute Gasteiger partial charge is 0.306 e. The third-order valence-corrected chi connectivity index (χ3v) is 4.09. The lowest BCUT2D eigenvalue weighted by Gasteiger charge is -2.19. The van der Waals surface area contributed by atoms with Crippen molar-refractivity contribution in [2.45, 2.75) is 40.2 Å². The first-order valence-electron chi connectivity index (χ1n) is 7.74. The standard InChI is InChI=1S/C16H21IN2.C2H6/c1-4-9-18-15(10-12(2)3)14-11-19(17)16-8-6-5-7-13(14)16;1-2/h4-8,11-12,15,18H,1,9-10H2,2-3H3;1-2H3. The fourth-order valence-corrected chi connectivity index (χ4v) is 3.18. The zero-order chi connectivity index (χ0) is 15.8. The molecule has 1 heterocycles. The maximum atomic E-state index is 3.80. The van der Waals surface area contributed by atoms with E-state index in [1.807, 2.05) is 19.9 Å². The molecule has 1 aromatic carbocycles. The monoisotopic (exact) mass is 398 g/mol. The Morgan fingerprint density at radius 2 is 1.95 bits per heavy atom. The molecule has 21 heavy (non-hydrogen) atoms. The highest BCUT2D eigenvalue weighted by atomic mass is 127. The molecule has 0 spiro atoms. The van der Waals surface area contributed by atoms with Crippen molar-refractivity contribution in [3.63, 3.8) is 0 Å². The van der Waals surface area contributed by atoms with Gasteiger partial charge in [-0.1, -0.05) is 52.0 Å². The van der Waals surface area contributed by atoms with Crippen LogP contribution in [0.3, 0.4) is 0 Å². The molecule has 0 aliphatic carbocycles. The van der Waals surface area contributed by atoms with Crippen LogP contribution in [0.4, 0.5) is 0 Å². The van der Waals surface area contributed by atoms with Gasteiger partial charge in [0, 0.05) is 24.2 Å². The summed E-state index contributed by atoms with van der Waals surface area (Å²) >= 11 is 2.35. The summed E-state index contributed by atoms with van der Waals surface area (Å²) in [6.07, 6.45) is 5.31. The first kappa shape index (κ1) is 18.2. The highest BCUT2D eigenvalue weighted by Gasteiger charge is 2.17. The lowest BCUT2D eigenvalue weighted by atomic mass is 9.96. The third kappa shape index (κ3) is 4.85. The number of benzene rings is 1. The van der Waals surface area contributed by atoms with Gasteiger partial charge in [-0.2, -0.15) is 0 Å². The van der Waals surface area contributed by atoms with Crippen LogP contribution in [0, 0.1) is 5.92 Å². The molecule has 0 saturated heterocycles. The Bertz CT molecular complexity index is 557. The Morgan fingerprint density at radius 3 is 2.57 bits per heavy atom. The second kappa shape index (κ2) is 9.26. The van der Waals surface area contributed by atoms with E-state index in [9.17, 15) is 0 Å². The number of rotatable bonds is 6. The molecule has 2 aromatic rings. The Morgan fingerprint density at radius 1 is 1.29 bits per heavy atom. The molecule has 3 heteroatoms. The van der Waals surface area contributed by atoms with Crippen molar-refractivity contribution in [3.05, 3.63) is 48.7 Å². The number of para-hydroxylation sites is 1. The maximum absolute atomic E-state index is 3.80. The molecule has 0 aliphatic heterocycles. The third-order valence-electron chi connectivity index (χ3n) is 3.29. The minimum Gasteiger partial charge on any atom is -0.306 e. The summed E-state index contributed by atoms with van der Waals surface area (Å²) < 4.78 is 2.19. The molecule has 0 radical (unpaired) electrons. The predicted octanol–water partition coefficient (Wildman–Crippen LogP) is 5.73. The first-order valence-corrected chi connectivity index (χ1v) is 8.70. The van der Waals surface area contributed by atoms with Gasteiger partial charge in [-0.25, -0.2) is 0 Å². The van der Waals surface area contributed by atoms with Crippen molar-refractivity contribution in [2.24, 2.45) is 5.92 Å². The Kier molecular flexibility index (Phi) is 8.04. The van der Waals surface area contributed by atoms with Crippen LogP contribution in [0.5, 0.6) is 0 Å². The number of hydrogen-bond acceptors (Lipinski definition) is 1. The summed E-state index contributed by atoms with van der Waals surface area (Å²) in [6, 6.07) is 8.98. The van der Waals surface area contributed by atoms with E-state index in [-0.39, 0.29) is 0 Å². The van der Waals surface area contributed by atoms with Gasteiger partial charge in [0.05, 0.1) is 28.4 Å². The van der Waals surface area contributed by atoms with Crippen molar-refractivity contribution >= 4 is 33.8 Å². The van der Waals surface area contributed by atoms with E-state index in [1.165, 1.54) is 16.5 Å². The summed E-state index contributed by atoms with van der Waals surface area (Å²) in [6.45, 7) is 13.2. The van der Waals surface area contributed by atoms with Gasteiger partial charge in [-0.15, -0.1) is 6.58 Å². The van der Waals surface area contributed by atoms with Gasteiger partial charge >= 0.3 is 0 Å². The lowest BCUT2D eigenvalue weighted by Crippen LogP contribution is -2.22. The average Bonchev–Trinajstić information content (AvgIpc) is 2.83. The maximum Gasteiger partial charge on any atom is 0.0640 e. The van der Waals surface area contributed by atoms with Gasteiger partial charge in [-0.3, -0.25) is 2.78 Å². The van der Waals surface area contributed by atoms with Gasteiger partial charge in [0.1, 0.15) is 0 Å². The van der Waals surface area contributed by atoms with Crippen molar-refractivity contribution in [1.29, 1.82) is 0 Å². The smallest absolute Gasteiger partial charge is 0.0640 e. The first-order chi connectivity index (χ1) is 10.1. The molecule has 116 valence electrons. The fourth-order valence-electron chi connectivity index (χ4n) is 2.46. The summed E-state index contributed by atoms with van der Waals surface area (Å²) in [7, 11) is 0. The van der Waals surface area contributed by atoms with Crippen LogP contribution in [0.1, 0.15) is 45.7 Å². The van der Waals surface area contributed by atoms with E-state index < -0.39 is 0 Å². The van der Waals surface area contributed by atoms with Gasteiger partial charge in [0.15, 0.2) is 0 Å². The molecule has 2 nitrogen and oxygen atoms in total. The van der Waals surface area contributed by atoms with Crippen LogP contribution >= 0.6 is 22.9 Å². The van der Waals surface area contributed by atoms with E-state index in [0.29, 0.717) is 12.0 Å². The summed E-state index contributed by atoms with van der Waals surface area (Å²) in [5.41, 5.74) is 2.67. The number of aromatic nitrogens is 1. The Hall–Kier alpha value is -0.810. The van der Waals surface area contributed by atoms with Crippen LogP contribution in [-0.2, 0) is 0 Å². The van der Waals surface area contributed by atoms with E-state index in [0.717, 1.165) is 13.0 Å². The molecule has 0 fully saturated rings. The molecular formula is C18H27IN2. The van der Waals surface area contributed by atoms with Crippen LogP contribution in [0.2, 0.25) is 0 Å². The van der Waals surface area contributed by atoms with Crippen molar-refractivity contribution in [2.75, 3.05) is 6.54 Å². The minimum absolute atomic E-state index is 0.388. The topological polar surface area (TPSA) is 17.0 Å². The molecular weight excluding hydrogens is 371 g/mol. The van der Waals surface area contributed by atoms with Crippen molar-refractivity contribution in [3.8, 4) is 0 Å². The highest BCUT2D eigenvalue weighted by molar-refractivity contribution is 14.1. The van der Waals surface area contributed by atoms with Crippen molar-refractivity contribution < 1.29 is 0 Å². The Balaban J connectivity index is 0.00000106. The average molecular weight is 398 g/mol. The molecule has 0 saturated carbocycles. The van der Waals surface area contributed by atoms with Crippen LogP contribution in [-0.4, -0.2) is 9.33 Å². The van der Waals surface area contributed by atoms with Crippen LogP contribution in [0.25, 0.3) is 10.9 Å². The molecule has 1 aromatic heterocycles. The van der Waals surface area contributed by atoms with Gasteiger partial charge in [0.2, 0.25) is 0 Å². The van der Waals surface area contributed by atoms with E-state index in [2.05, 4.69) is 81.9 Å². The summed E-state index contributed by atoms with van der Waals surface area (Å²) in [5, 5.41) is 4.93. The van der Waals surface area contributed by atoms with Gasteiger partial charge < -0.3 is 5.32 Å². The highest BCUT2D eigenvalue weighted by Crippen LogP contribution is 2.31. The zero-order valence-corrected chi connectivity index (χ0v) is 15.7. The minimum atomic E-state index is 0.388. The second-order valence-electron chi connectivity index (χ2n) is 5.29. The molecule has 1 atom stereocenters. The van der Waals surface area contributed by atoms with Crippen molar-refractivity contribution in [1.82, 2.24) is 8.10 Å². The number of nitrogens with one attached hydrogen (secondary N) is 1. The molecule has 1 unspecified atom stereocenters. The number of halogens is 1. The molecule has 1 N–H and O–H groups in total. The second-order valence-corrected chi connectivity index (χ2v) is 6.33. The molecule has 0 aliphatic rings. The zero-order valence-electron chi connectivity index (χ0n) is 13.6. The number of hydrogen-bond donors (Lipinski definition) is 1. The van der Waals surface area contributed by atoms with Gasteiger partial charge in [0.25, 0.3) is 0 Å². The van der Waals surface area contributed by atoms with Crippen LogP contribution < -0.4 is 5.32 Å². The van der Waals surface area contributed by atoms with Gasteiger partial charge in [-0.05, 0) is 24.0 Å². The summed E-state index contributed by atoms with van der Waals surface area (Å²) in [5.74, 6) is 0.665. The number of nitrogens with zero attached hydrogens (tertiary/aromatic N) is 1. The van der Waals surface area contributed by atoms with E-state index in [1.54, 1.807) is 0 Å². The fraction of sp³-hybridized carbons (Fsp3) is 0.444.